The van der Waals surface area contributed by atoms with E-state index in [1.54, 1.807) is 19.9 Å². The molecule has 0 atom stereocenters. The minimum Gasteiger partial charge on any atom is -0.477 e. The van der Waals surface area contributed by atoms with Crippen LogP contribution in [0.4, 0.5) is 0 Å². The van der Waals surface area contributed by atoms with Gasteiger partial charge in [0.15, 0.2) is 0 Å². The third-order valence-electron chi connectivity index (χ3n) is 3.13. The molecule has 21 heavy (non-hydrogen) atoms. The summed E-state index contributed by atoms with van der Waals surface area (Å²) in [7, 11) is -2.28. The van der Waals surface area contributed by atoms with Gasteiger partial charge < -0.3 is 9.52 Å². The van der Waals surface area contributed by atoms with E-state index in [1.165, 1.54) is 23.7 Å². The van der Waals surface area contributed by atoms with Gasteiger partial charge in [-0.1, -0.05) is 0 Å². The predicted molar refractivity (Wildman–Crippen MR) is 78.1 cm³/mol. The lowest BCUT2D eigenvalue weighted by molar-refractivity contribution is 0.0702. The van der Waals surface area contributed by atoms with E-state index < -0.39 is 16.0 Å². The Balaban J connectivity index is 2.33. The highest BCUT2D eigenvalue weighted by molar-refractivity contribution is 7.89. The van der Waals surface area contributed by atoms with Gasteiger partial charge in [0.2, 0.25) is 10.0 Å². The van der Waals surface area contributed by atoms with Crippen LogP contribution in [0.3, 0.4) is 0 Å². The van der Waals surface area contributed by atoms with Crippen LogP contribution in [-0.2, 0) is 16.6 Å². The summed E-state index contributed by atoms with van der Waals surface area (Å²) in [6.07, 6.45) is 1.50. The zero-order chi connectivity index (χ0) is 15.8. The monoisotopic (exact) mass is 329 g/mol. The van der Waals surface area contributed by atoms with E-state index in [4.69, 9.17) is 9.52 Å². The Morgan fingerprint density at radius 3 is 2.57 bits per heavy atom. The van der Waals surface area contributed by atoms with Crippen LogP contribution < -0.4 is 0 Å². The van der Waals surface area contributed by atoms with Crippen LogP contribution >= 0.6 is 11.3 Å². The fourth-order valence-electron chi connectivity index (χ4n) is 1.89. The van der Waals surface area contributed by atoms with Crippen LogP contribution in [0.15, 0.2) is 27.7 Å². The van der Waals surface area contributed by atoms with Crippen LogP contribution in [0.1, 0.15) is 25.9 Å². The van der Waals surface area contributed by atoms with Crippen molar-refractivity contribution in [3.8, 4) is 0 Å². The highest BCUT2D eigenvalue weighted by Gasteiger charge is 2.27. The molecule has 0 unspecified atom stereocenters. The van der Waals surface area contributed by atoms with Gasteiger partial charge in [-0.15, -0.1) is 11.3 Å². The molecule has 0 aromatic carbocycles. The number of nitrogens with zero attached hydrogens (tertiary/aromatic N) is 1. The normalized spacial score (nSPS) is 12.0. The molecule has 0 aliphatic heterocycles. The highest BCUT2D eigenvalue weighted by Crippen LogP contribution is 2.28. The van der Waals surface area contributed by atoms with Crippen molar-refractivity contribution < 1.29 is 22.7 Å². The maximum absolute atomic E-state index is 12.5. The smallest absolute Gasteiger partial charge is 0.345 e. The maximum Gasteiger partial charge on any atom is 0.345 e. The van der Waals surface area contributed by atoms with Gasteiger partial charge in [-0.2, -0.15) is 4.31 Å². The van der Waals surface area contributed by atoms with E-state index in [-0.39, 0.29) is 16.3 Å². The maximum atomic E-state index is 12.5. The summed E-state index contributed by atoms with van der Waals surface area (Å²) in [4.78, 5) is 11.5. The molecule has 8 heteroatoms. The number of hydrogen-bond donors (Lipinski definition) is 1. The largest absolute Gasteiger partial charge is 0.477 e. The zero-order valence-corrected chi connectivity index (χ0v) is 13.4. The highest BCUT2D eigenvalue weighted by atomic mass is 32.2. The average Bonchev–Trinajstić information content (AvgIpc) is 2.96. The lowest BCUT2D eigenvalue weighted by Crippen LogP contribution is -2.26. The topological polar surface area (TPSA) is 87.8 Å². The van der Waals surface area contributed by atoms with Gasteiger partial charge in [0.05, 0.1) is 11.2 Å². The quantitative estimate of drug-likeness (QED) is 0.910. The second-order valence-corrected chi connectivity index (χ2v) is 7.87. The fourth-order valence-corrected chi connectivity index (χ4v) is 4.44. The third kappa shape index (κ3) is 3.02. The molecule has 0 saturated heterocycles. The molecular weight excluding hydrogens is 314 g/mol. The summed E-state index contributed by atoms with van der Waals surface area (Å²) in [5, 5.41) is 8.96. The number of aryl methyl sites for hydroxylation is 2. The van der Waals surface area contributed by atoms with Crippen LogP contribution in [0, 0.1) is 13.8 Å². The van der Waals surface area contributed by atoms with E-state index in [0.29, 0.717) is 10.6 Å². The molecule has 0 amide bonds. The molecule has 114 valence electrons. The molecule has 1 N–H and O–H groups in total. The zero-order valence-electron chi connectivity index (χ0n) is 11.8. The first-order valence-electron chi connectivity index (χ1n) is 6.06. The van der Waals surface area contributed by atoms with Crippen LogP contribution in [0.25, 0.3) is 0 Å². The number of rotatable bonds is 5. The van der Waals surface area contributed by atoms with Crippen molar-refractivity contribution in [3.05, 3.63) is 39.5 Å². The Labute approximate surface area is 126 Å². The Morgan fingerprint density at radius 2 is 2.10 bits per heavy atom. The van der Waals surface area contributed by atoms with Gasteiger partial charge in [0.25, 0.3) is 0 Å². The first-order valence-corrected chi connectivity index (χ1v) is 8.32. The van der Waals surface area contributed by atoms with Gasteiger partial charge >= 0.3 is 5.97 Å². The minimum absolute atomic E-state index is 0.0129. The number of sulfonamides is 1. The Kier molecular flexibility index (Phi) is 4.22. The SMILES string of the molecule is Cc1occc1CN(C)S(=O)(=O)c1cc(C(=O)O)sc1C. The molecule has 0 saturated carbocycles. The summed E-state index contributed by atoms with van der Waals surface area (Å²) in [5.74, 6) is -0.469. The first-order chi connectivity index (χ1) is 9.73. The molecule has 0 radical (unpaired) electrons. The van der Waals surface area contributed by atoms with Gasteiger partial charge in [-0.25, -0.2) is 13.2 Å². The third-order valence-corrected chi connectivity index (χ3v) is 6.23. The van der Waals surface area contributed by atoms with Crippen LogP contribution in [0.2, 0.25) is 0 Å². The standard InChI is InChI=1S/C13H15NO5S2/c1-8-10(4-5-19-8)7-14(3)21(17,18)12-6-11(13(15)16)20-9(12)2/h4-6H,7H2,1-3H3,(H,15,16). The van der Waals surface area contributed by atoms with Crippen molar-refractivity contribution in [2.75, 3.05) is 7.05 Å². The van der Waals surface area contributed by atoms with Gasteiger partial charge in [-0.3, -0.25) is 0 Å². The average molecular weight is 329 g/mol. The lowest BCUT2D eigenvalue weighted by atomic mass is 10.3. The summed E-state index contributed by atoms with van der Waals surface area (Å²) in [6.45, 7) is 3.53. The van der Waals surface area contributed by atoms with Gasteiger partial charge in [0, 0.05) is 24.0 Å². The van der Waals surface area contributed by atoms with Crippen molar-refractivity contribution >= 4 is 27.3 Å². The van der Waals surface area contributed by atoms with Crippen LogP contribution in [0.5, 0.6) is 0 Å². The number of carboxylic acids is 1. The molecule has 0 spiro atoms. The summed E-state index contributed by atoms with van der Waals surface area (Å²) in [6, 6.07) is 2.92. The number of aromatic carboxylic acids is 1. The lowest BCUT2D eigenvalue weighted by Gasteiger charge is -2.16. The molecule has 0 aliphatic rings. The summed E-state index contributed by atoms with van der Waals surface area (Å²) in [5.41, 5.74) is 0.771. The molecule has 2 aromatic heterocycles. The van der Waals surface area contributed by atoms with E-state index in [9.17, 15) is 13.2 Å². The van der Waals surface area contributed by atoms with E-state index in [0.717, 1.165) is 16.9 Å². The van der Waals surface area contributed by atoms with E-state index in [1.807, 2.05) is 0 Å². The van der Waals surface area contributed by atoms with Crippen molar-refractivity contribution in [2.45, 2.75) is 25.3 Å². The van der Waals surface area contributed by atoms with E-state index in [2.05, 4.69) is 0 Å². The minimum atomic E-state index is -3.74. The predicted octanol–water partition coefficient (Wildman–Crippen LogP) is 2.48. The van der Waals surface area contributed by atoms with Gasteiger partial charge in [-0.05, 0) is 26.0 Å². The van der Waals surface area contributed by atoms with Crippen molar-refractivity contribution in [1.29, 1.82) is 0 Å². The molecule has 0 bridgehead atoms. The molecule has 0 aliphatic carbocycles. The first kappa shape index (κ1) is 15.7. The number of furan rings is 1. The fraction of sp³-hybridized carbons (Fsp3) is 0.308. The van der Waals surface area contributed by atoms with Gasteiger partial charge in [0.1, 0.15) is 10.6 Å². The second kappa shape index (κ2) is 5.63. The van der Waals surface area contributed by atoms with E-state index >= 15 is 0 Å². The Bertz CT molecular complexity index is 772. The van der Waals surface area contributed by atoms with Crippen molar-refractivity contribution in [2.24, 2.45) is 0 Å². The summed E-state index contributed by atoms with van der Waals surface area (Å²) >= 11 is 0.954. The number of thiophene rings is 1. The van der Waals surface area contributed by atoms with Crippen molar-refractivity contribution in [1.82, 2.24) is 4.31 Å². The molecular formula is C13H15NO5S2. The second-order valence-electron chi connectivity index (χ2n) is 4.60. The Morgan fingerprint density at radius 1 is 1.43 bits per heavy atom. The number of carbonyl (C=O) groups is 1. The molecule has 2 heterocycles. The Hall–Kier alpha value is -1.64. The number of carboxylic acid groups (broad SMARTS) is 1. The van der Waals surface area contributed by atoms with Crippen molar-refractivity contribution in [3.63, 3.8) is 0 Å². The van der Waals surface area contributed by atoms with Crippen LogP contribution in [-0.4, -0.2) is 30.8 Å². The molecule has 0 fully saturated rings. The number of hydrogen-bond acceptors (Lipinski definition) is 5. The molecule has 6 nitrogen and oxygen atoms in total. The molecule has 2 aromatic rings. The summed E-state index contributed by atoms with van der Waals surface area (Å²) < 4.78 is 31.4. The molecule has 2 rings (SSSR count).